The maximum Gasteiger partial charge on any atom is 0.221 e. The summed E-state index contributed by atoms with van der Waals surface area (Å²) in [6.45, 7) is 6.14. The molecule has 1 aromatic carbocycles. The monoisotopic (exact) mass is 380 g/mol. The van der Waals surface area contributed by atoms with Crippen LogP contribution < -0.4 is 22.5 Å². The van der Waals surface area contributed by atoms with Crippen LogP contribution in [0.3, 0.4) is 0 Å². The molecule has 0 amide bonds. The summed E-state index contributed by atoms with van der Waals surface area (Å²) in [6, 6.07) is 6.75. The molecule has 0 spiro atoms. The van der Waals surface area contributed by atoms with Gasteiger partial charge in [-0.05, 0) is 53.8 Å². The van der Waals surface area contributed by atoms with E-state index in [-0.39, 0.29) is 12.6 Å². The van der Waals surface area contributed by atoms with Gasteiger partial charge in [0.1, 0.15) is 5.82 Å². The molecule has 1 unspecified atom stereocenters. The van der Waals surface area contributed by atoms with Gasteiger partial charge in [-0.25, -0.2) is 4.98 Å². The fourth-order valence-corrected chi connectivity index (χ4v) is 2.68. The lowest BCUT2D eigenvalue weighted by atomic mass is 9.97. The van der Waals surface area contributed by atoms with Crippen LogP contribution in [0.4, 0.5) is 23.1 Å². The average molecular weight is 380 g/mol. The second-order valence-corrected chi connectivity index (χ2v) is 6.36. The first-order valence-electron chi connectivity index (χ1n) is 9.09. The molecule has 0 aliphatic carbocycles. The van der Waals surface area contributed by atoms with Crippen molar-refractivity contribution in [3.63, 3.8) is 0 Å². The highest BCUT2D eigenvalue weighted by Crippen LogP contribution is 2.28. The number of allylic oxidation sites excluding steroid dienone is 2. The Morgan fingerprint density at radius 1 is 1.32 bits per heavy atom. The van der Waals surface area contributed by atoms with Gasteiger partial charge < -0.3 is 27.6 Å². The maximum absolute atomic E-state index is 9.33. The molecule has 1 heterocycles. The minimum absolute atomic E-state index is 0.0466. The molecule has 2 aromatic rings. The molecule has 0 fully saturated rings. The molecule has 1 aromatic heterocycles. The predicted molar refractivity (Wildman–Crippen MR) is 116 cm³/mol. The highest BCUT2D eigenvalue weighted by atomic mass is 16.3. The third-order valence-electron chi connectivity index (χ3n) is 4.18. The molecule has 0 saturated heterocycles. The first kappa shape index (κ1) is 21.1. The van der Waals surface area contributed by atoms with Crippen molar-refractivity contribution in [2.24, 2.45) is 5.73 Å². The summed E-state index contributed by atoms with van der Waals surface area (Å²) in [4.78, 5) is 7.99. The molecular formula is C21H28N6O. The van der Waals surface area contributed by atoms with Crippen molar-refractivity contribution < 1.29 is 5.11 Å². The second-order valence-electron chi connectivity index (χ2n) is 6.36. The standard InChI is InChI=1S/C21H28N6O/c1-3-5-15(13-28)7-4-6-14(2)20(23)17-12-16(8-9-18(17)22)26-19-10-11-25-21(24)27-19/h4-6,8-12,20,28H,2-3,7,13,22-23H2,1H3,(H3,24,25,26,27)/b6-4-,15-5+. The SMILES string of the molecule is C=C(/C=C\C/C(=C\CC)CO)C(N)c1cc(Nc2ccnc(N)n2)ccc1N. The second kappa shape index (κ2) is 10.2. The molecule has 2 rings (SSSR count). The zero-order valence-corrected chi connectivity index (χ0v) is 16.1. The fourth-order valence-electron chi connectivity index (χ4n) is 2.68. The Hall–Kier alpha value is -3.16. The number of hydrogen-bond donors (Lipinski definition) is 5. The number of rotatable bonds is 9. The number of nitrogens with one attached hydrogen (secondary N) is 1. The van der Waals surface area contributed by atoms with E-state index in [1.165, 1.54) is 0 Å². The molecule has 148 valence electrons. The molecule has 0 aliphatic heterocycles. The molecular weight excluding hydrogens is 352 g/mol. The Kier molecular flexibility index (Phi) is 7.74. The van der Waals surface area contributed by atoms with Crippen molar-refractivity contribution in [3.05, 3.63) is 72.0 Å². The van der Waals surface area contributed by atoms with Crippen LogP contribution in [0.15, 0.2) is 66.4 Å². The average Bonchev–Trinajstić information content (AvgIpc) is 2.68. The highest BCUT2D eigenvalue weighted by Gasteiger charge is 2.13. The minimum atomic E-state index is -0.457. The van der Waals surface area contributed by atoms with E-state index in [0.29, 0.717) is 17.9 Å². The molecule has 0 bridgehead atoms. The smallest absolute Gasteiger partial charge is 0.221 e. The number of hydrogen-bond acceptors (Lipinski definition) is 7. The van der Waals surface area contributed by atoms with Gasteiger partial charge in [0.2, 0.25) is 5.95 Å². The lowest BCUT2D eigenvalue weighted by Crippen LogP contribution is -2.14. The van der Waals surface area contributed by atoms with Crippen LogP contribution in [0.1, 0.15) is 31.4 Å². The molecule has 7 nitrogen and oxygen atoms in total. The topological polar surface area (TPSA) is 136 Å². The van der Waals surface area contributed by atoms with Crippen molar-refractivity contribution in [2.75, 3.05) is 23.4 Å². The van der Waals surface area contributed by atoms with Gasteiger partial charge in [0.15, 0.2) is 0 Å². The maximum atomic E-state index is 9.33. The van der Waals surface area contributed by atoms with E-state index in [1.54, 1.807) is 18.3 Å². The van der Waals surface area contributed by atoms with E-state index in [4.69, 9.17) is 17.2 Å². The third-order valence-corrected chi connectivity index (χ3v) is 4.18. The summed E-state index contributed by atoms with van der Waals surface area (Å²) in [5.74, 6) is 0.769. The summed E-state index contributed by atoms with van der Waals surface area (Å²) < 4.78 is 0. The lowest BCUT2D eigenvalue weighted by molar-refractivity contribution is 0.328. The van der Waals surface area contributed by atoms with Crippen molar-refractivity contribution in [3.8, 4) is 0 Å². The predicted octanol–water partition coefficient (Wildman–Crippen LogP) is 3.22. The Bertz CT molecular complexity index is 875. The normalized spacial score (nSPS) is 12.9. The zero-order valence-electron chi connectivity index (χ0n) is 16.1. The molecule has 1 atom stereocenters. The van der Waals surface area contributed by atoms with Gasteiger partial charge in [0.05, 0.1) is 12.6 Å². The van der Waals surface area contributed by atoms with Crippen molar-refractivity contribution in [1.29, 1.82) is 0 Å². The lowest BCUT2D eigenvalue weighted by Gasteiger charge is -2.17. The molecule has 0 saturated carbocycles. The Morgan fingerprint density at radius 3 is 2.79 bits per heavy atom. The number of benzene rings is 1. The first-order chi connectivity index (χ1) is 13.4. The largest absolute Gasteiger partial charge is 0.398 e. The summed E-state index contributed by atoms with van der Waals surface area (Å²) in [5, 5.41) is 12.5. The van der Waals surface area contributed by atoms with Crippen molar-refractivity contribution >= 4 is 23.1 Å². The zero-order chi connectivity index (χ0) is 20.5. The minimum Gasteiger partial charge on any atom is -0.398 e. The summed E-state index contributed by atoms with van der Waals surface area (Å²) in [6.07, 6.45) is 8.95. The van der Waals surface area contributed by atoms with E-state index in [1.807, 2.05) is 37.3 Å². The van der Waals surface area contributed by atoms with Gasteiger partial charge in [0.25, 0.3) is 0 Å². The van der Waals surface area contributed by atoms with Crippen molar-refractivity contribution in [1.82, 2.24) is 9.97 Å². The van der Waals surface area contributed by atoms with Crippen LogP contribution >= 0.6 is 0 Å². The molecule has 7 heteroatoms. The van der Waals surface area contributed by atoms with Crippen LogP contribution in [0.2, 0.25) is 0 Å². The first-order valence-corrected chi connectivity index (χ1v) is 9.09. The fraction of sp³-hybridized carbons (Fsp3) is 0.238. The van der Waals surface area contributed by atoms with Crippen LogP contribution in [0.25, 0.3) is 0 Å². The quantitative estimate of drug-likeness (QED) is 0.256. The van der Waals surface area contributed by atoms with Gasteiger partial charge in [0, 0.05) is 17.6 Å². The van der Waals surface area contributed by atoms with E-state index in [0.717, 1.165) is 28.8 Å². The highest BCUT2D eigenvalue weighted by molar-refractivity contribution is 5.64. The number of aliphatic hydroxyl groups is 1. The summed E-state index contributed by atoms with van der Waals surface area (Å²) in [7, 11) is 0. The van der Waals surface area contributed by atoms with Gasteiger partial charge in [-0.2, -0.15) is 4.98 Å². The summed E-state index contributed by atoms with van der Waals surface area (Å²) in [5.41, 5.74) is 21.9. The van der Waals surface area contributed by atoms with E-state index >= 15 is 0 Å². The number of nitrogens with two attached hydrogens (primary N) is 3. The van der Waals surface area contributed by atoms with Crippen LogP contribution in [-0.2, 0) is 0 Å². The Morgan fingerprint density at radius 2 is 2.11 bits per heavy atom. The van der Waals surface area contributed by atoms with Crippen LogP contribution in [0.5, 0.6) is 0 Å². The van der Waals surface area contributed by atoms with E-state index < -0.39 is 6.04 Å². The molecule has 0 aliphatic rings. The molecule has 0 radical (unpaired) electrons. The Balaban J connectivity index is 2.12. The van der Waals surface area contributed by atoms with Gasteiger partial charge in [-0.1, -0.05) is 31.7 Å². The molecule has 28 heavy (non-hydrogen) atoms. The number of nitrogen functional groups attached to an aromatic ring is 2. The third kappa shape index (κ3) is 5.94. The van der Waals surface area contributed by atoms with Crippen molar-refractivity contribution in [2.45, 2.75) is 25.8 Å². The number of aliphatic hydroxyl groups excluding tert-OH is 1. The number of aromatic nitrogens is 2. The molecule has 8 N–H and O–H groups in total. The Labute approximate surface area is 165 Å². The van der Waals surface area contributed by atoms with E-state index in [9.17, 15) is 5.11 Å². The van der Waals surface area contributed by atoms with Gasteiger partial charge in [-0.3, -0.25) is 0 Å². The van der Waals surface area contributed by atoms with Gasteiger partial charge >= 0.3 is 0 Å². The van der Waals surface area contributed by atoms with Gasteiger partial charge in [-0.15, -0.1) is 0 Å². The van der Waals surface area contributed by atoms with Crippen LogP contribution in [-0.4, -0.2) is 21.7 Å². The summed E-state index contributed by atoms with van der Waals surface area (Å²) >= 11 is 0. The number of nitrogens with zero attached hydrogens (tertiary/aromatic N) is 2. The van der Waals surface area contributed by atoms with Crippen LogP contribution in [0, 0.1) is 0 Å². The van der Waals surface area contributed by atoms with E-state index in [2.05, 4.69) is 21.9 Å². The number of anilines is 4.